The first kappa shape index (κ1) is 17.4. The van der Waals surface area contributed by atoms with Gasteiger partial charge in [0.25, 0.3) is 0 Å². The fourth-order valence-corrected chi connectivity index (χ4v) is 2.33. The van der Waals surface area contributed by atoms with Crippen molar-refractivity contribution in [3.63, 3.8) is 0 Å². The van der Waals surface area contributed by atoms with E-state index in [1.54, 1.807) is 24.0 Å². The fourth-order valence-electron chi connectivity index (χ4n) is 2.33. The molecular weight excluding hydrogens is 271 g/mol. The average molecular weight is 296 g/mol. The second-order valence-electron chi connectivity index (χ2n) is 5.01. The third-order valence-corrected chi connectivity index (χ3v) is 3.62. The quantitative estimate of drug-likeness (QED) is 0.841. The number of amides is 1. The molecule has 0 fully saturated rings. The first-order chi connectivity index (χ1) is 9.94. The van der Waals surface area contributed by atoms with Crippen molar-refractivity contribution < 1.29 is 13.9 Å². The lowest BCUT2D eigenvalue weighted by Gasteiger charge is -2.26. The molecule has 0 saturated carbocycles. The minimum Gasteiger partial charge on any atom is -0.497 e. The summed E-state index contributed by atoms with van der Waals surface area (Å²) in [6.07, 6.45) is 0. The molecule has 1 N–H and O–H groups in total. The molecule has 0 radical (unpaired) electrons. The van der Waals surface area contributed by atoms with E-state index in [0.29, 0.717) is 24.4 Å². The highest BCUT2D eigenvalue weighted by molar-refractivity contribution is 5.81. The lowest BCUT2D eigenvalue weighted by atomic mass is 10.1. The normalized spacial score (nSPS) is 13.6. The van der Waals surface area contributed by atoms with E-state index in [9.17, 15) is 9.18 Å². The number of nitrogens with one attached hydrogen (secondary N) is 1. The molecule has 0 aromatic heterocycles. The van der Waals surface area contributed by atoms with Crippen LogP contribution in [-0.2, 0) is 4.79 Å². The zero-order valence-electron chi connectivity index (χ0n) is 13.4. The van der Waals surface area contributed by atoms with Gasteiger partial charge in [-0.25, -0.2) is 4.39 Å². The van der Waals surface area contributed by atoms with E-state index in [1.165, 1.54) is 13.2 Å². The summed E-state index contributed by atoms with van der Waals surface area (Å²) in [5, 5.41) is 3.15. The maximum absolute atomic E-state index is 14.0. The molecule has 1 aromatic rings. The van der Waals surface area contributed by atoms with E-state index in [4.69, 9.17) is 4.74 Å². The molecule has 1 amide bonds. The van der Waals surface area contributed by atoms with Crippen molar-refractivity contribution >= 4 is 5.91 Å². The number of benzene rings is 1. The van der Waals surface area contributed by atoms with Crippen molar-refractivity contribution in [3.8, 4) is 5.75 Å². The van der Waals surface area contributed by atoms with Crippen molar-refractivity contribution in [1.29, 1.82) is 0 Å². The molecule has 2 atom stereocenters. The van der Waals surface area contributed by atoms with Crippen LogP contribution in [0.1, 0.15) is 39.3 Å². The Kier molecular flexibility index (Phi) is 6.62. The number of carbonyl (C=O) groups excluding carboxylic acids is 1. The molecule has 0 aliphatic rings. The van der Waals surface area contributed by atoms with Gasteiger partial charge < -0.3 is 9.64 Å². The van der Waals surface area contributed by atoms with Crippen LogP contribution < -0.4 is 10.1 Å². The van der Waals surface area contributed by atoms with Crippen LogP contribution in [0.25, 0.3) is 0 Å². The topological polar surface area (TPSA) is 41.6 Å². The fraction of sp³-hybridized carbons (Fsp3) is 0.562. The molecule has 1 aromatic carbocycles. The van der Waals surface area contributed by atoms with Gasteiger partial charge in [0.15, 0.2) is 0 Å². The summed E-state index contributed by atoms with van der Waals surface area (Å²) in [5.74, 6) is 0.174. The number of hydrogen-bond acceptors (Lipinski definition) is 3. The van der Waals surface area contributed by atoms with Gasteiger partial charge in [0.1, 0.15) is 11.6 Å². The summed E-state index contributed by atoms with van der Waals surface area (Å²) in [6.45, 7) is 8.89. The van der Waals surface area contributed by atoms with Crippen molar-refractivity contribution in [2.24, 2.45) is 0 Å². The van der Waals surface area contributed by atoms with Gasteiger partial charge in [-0.15, -0.1) is 0 Å². The highest BCUT2D eigenvalue weighted by atomic mass is 19.1. The van der Waals surface area contributed by atoms with Crippen molar-refractivity contribution in [2.75, 3.05) is 20.2 Å². The minimum atomic E-state index is -0.360. The second kappa shape index (κ2) is 7.98. The maximum Gasteiger partial charge on any atom is 0.239 e. The Labute approximate surface area is 126 Å². The summed E-state index contributed by atoms with van der Waals surface area (Å²) in [7, 11) is 1.50. The number of ether oxygens (including phenoxy) is 1. The van der Waals surface area contributed by atoms with Gasteiger partial charge in [0, 0.05) is 30.8 Å². The highest BCUT2D eigenvalue weighted by Crippen LogP contribution is 2.22. The highest BCUT2D eigenvalue weighted by Gasteiger charge is 2.21. The molecule has 0 aliphatic carbocycles. The van der Waals surface area contributed by atoms with Crippen LogP contribution in [0.5, 0.6) is 5.75 Å². The number of hydrogen-bond donors (Lipinski definition) is 1. The monoisotopic (exact) mass is 296 g/mol. The smallest absolute Gasteiger partial charge is 0.239 e. The third-order valence-electron chi connectivity index (χ3n) is 3.62. The number of halogens is 1. The molecule has 0 heterocycles. The molecule has 0 saturated heterocycles. The zero-order valence-corrected chi connectivity index (χ0v) is 13.4. The van der Waals surface area contributed by atoms with Crippen LogP contribution in [0.15, 0.2) is 18.2 Å². The van der Waals surface area contributed by atoms with Gasteiger partial charge in [-0.05, 0) is 33.8 Å². The van der Waals surface area contributed by atoms with Crippen LogP contribution >= 0.6 is 0 Å². The van der Waals surface area contributed by atoms with Gasteiger partial charge in [0.05, 0.1) is 13.2 Å². The van der Waals surface area contributed by atoms with E-state index >= 15 is 0 Å². The minimum absolute atomic E-state index is 0.0285. The third kappa shape index (κ3) is 4.43. The largest absolute Gasteiger partial charge is 0.497 e. The number of nitrogens with zero attached hydrogens (tertiary/aromatic N) is 1. The lowest BCUT2D eigenvalue weighted by molar-refractivity contribution is -0.132. The van der Waals surface area contributed by atoms with Crippen LogP contribution in [-0.4, -0.2) is 37.0 Å². The molecule has 5 heteroatoms. The van der Waals surface area contributed by atoms with Gasteiger partial charge in [-0.1, -0.05) is 6.07 Å². The van der Waals surface area contributed by atoms with Crippen molar-refractivity contribution in [3.05, 3.63) is 29.6 Å². The standard InChI is InChI=1S/C16H25FN2O2/c1-6-19(7-2)16(20)12(4)18-11(3)14-9-8-13(21-5)10-15(14)17/h8-12,18H,6-7H2,1-5H3. The second-order valence-corrected chi connectivity index (χ2v) is 5.01. The average Bonchev–Trinajstić information content (AvgIpc) is 2.47. The number of likely N-dealkylation sites (N-methyl/N-ethyl adjacent to an activating group) is 1. The van der Waals surface area contributed by atoms with Gasteiger partial charge in [-0.2, -0.15) is 0 Å². The number of methoxy groups -OCH3 is 1. The summed E-state index contributed by atoms with van der Waals surface area (Å²) in [4.78, 5) is 14.0. The Balaban J connectivity index is 2.76. The zero-order chi connectivity index (χ0) is 16.0. The first-order valence-electron chi connectivity index (χ1n) is 7.32. The number of carbonyl (C=O) groups is 1. The lowest BCUT2D eigenvalue weighted by Crippen LogP contribution is -2.45. The molecule has 0 aliphatic heterocycles. The van der Waals surface area contributed by atoms with E-state index in [1.807, 2.05) is 20.8 Å². The number of rotatable bonds is 7. The summed E-state index contributed by atoms with van der Waals surface area (Å²) in [6, 6.07) is 4.13. The van der Waals surface area contributed by atoms with Crippen LogP contribution in [0.2, 0.25) is 0 Å². The summed E-state index contributed by atoms with van der Waals surface area (Å²) >= 11 is 0. The van der Waals surface area contributed by atoms with Crippen LogP contribution in [0.4, 0.5) is 4.39 Å². The summed E-state index contributed by atoms with van der Waals surface area (Å²) in [5.41, 5.74) is 0.523. The molecule has 0 bridgehead atoms. The Hall–Kier alpha value is -1.62. The SMILES string of the molecule is CCN(CC)C(=O)C(C)NC(C)c1ccc(OC)cc1F. The van der Waals surface area contributed by atoms with E-state index in [-0.39, 0.29) is 23.8 Å². The molecule has 1 rings (SSSR count). The molecule has 0 spiro atoms. The first-order valence-corrected chi connectivity index (χ1v) is 7.32. The van der Waals surface area contributed by atoms with Gasteiger partial charge in [-0.3, -0.25) is 10.1 Å². The molecule has 21 heavy (non-hydrogen) atoms. The van der Waals surface area contributed by atoms with Crippen molar-refractivity contribution in [1.82, 2.24) is 10.2 Å². The Morgan fingerprint density at radius 1 is 1.33 bits per heavy atom. The molecular formula is C16H25FN2O2. The predicted octanol–water partition coefficient (Wildman–Crippen LogP) is 2.74. The predicted molar refractivity (Wildman–Crippen MR) is 81.9 cm³/mol. The van der Waals surface area contributed by atoms with Gasteiger partial charge in [0.2, 0.25) is 5.91 Å². The molecule has 4 nitrogen and oxygen atoms in total. The van der Waals surface area contributed by atoms with E-state index in [0.717, 1.165) is 0 Å². The summed E-state index contributed by atoms with van der Waals surface area (Å²) < 4.78 is 19.0. The Bertz CT molecular complexity index is 475. The van der Waals surface area contributed by atoms with Crippen LogP contribution in [0.3, 0.4) is 0 Å². The van der Waals surface area contributed by atoms with Crippen molar-refractivity contribution in [2.45, 2.75) is 39.8 Å². The Morgan fingerprint density at radius 3 is 2.43 bits per heavy atom. The van der Waals surface area contributed by atoms with E-state index in [2.05, 4.69) is 5.32 Å². The van der Waals surface area contributed by atoms with Gasteiger partial charge >= 0.3 is 0 Å². The van der Waals surface area contributed by atoms with E-state index < -0.39 is 0 Å². The molecule has 2 unspecified atom stereocenters. The Morgan fingerprint density at radius 2 is 1.95 bits per heavy atom. The maximum atomic E-state index is 14.0. The van der Waals surface area contributed by atoms with Crippen LogP contribution in [0, 0.1) is 5.82 Å². The molecule has 118 valence electrons.